The highest BCUT2D eigenvalue weighted by molar-refractivity contribution is 8.00. The van der Waals surface area contributed by atoms with Crippen molar-refractivity contribution in [2.24, 2.45) is 0 Å². The summed E-state index contributed by atoms with van der Waals surface area (Å²) in [5.74, 6) is -1.11. The number of aliphatic hydroxyl groups excluding tert-OH is 1. The number of ketones is 1. The number of carboxylic acids is 1. The molecule has 2 aromatic heterocycles. The van der Waals surface area contributed by atoms with Crippen LogP contribution in [0.4, 0.5) is 0 Å². The highest BCUT2D eigenvalue weighted by Crippen LogP contribution is 2.36. The molecule has 0 saturated heterocycles. The zero-order chi connectivity index (χ0) is 33.2. The van der Waals surface area contributed by atoms with Gasteiger partial charge in [0.2, 0.25) is 5.76 Å². The van der Waals surface area contributed by atoms with Crippen LogP contribution in [0, 0.1) is 0 Å². The van der Waals surface area contributed by atoms with E-state index in [1.807, 2.05) is 31.2 Å². The molecule has 11 heteroatoms. The van der Waals surface area contributed by atoms with Crippen LogP contribution in [0.15, 0.2) is 91.6 Å². The van der Waals surface area contributed by atoms with Crippen molar-refractivity contribution in [2.75, 3.05) is 6.61 Å². The van der Waals surface area contributed by atoms with Crippen molar-refractivity contribution < 1.29 is 38.5 Å². The Kier molecular flexibility index (Phi) is 12.3. The summed E-state index contributed by atoms with van der Waals surface area (Å²) in [4.78, 5) is 36.1. The highest BCUT2D eigenvalue weighted by atomic mass is 35.5. The van der Waals surface area contributed by atoms with E-state index >= 15 is 0 Å². The van der Waals surface area contributed by atoms with E-state index in [2.05, 4.69) is 0 Å². The second-order valence-electron chi connectivity index (χ2n) is 10.5. The SMILES string of the molecule is CCCc1c(OCCCCC=CC=C[C@H](Sc2ccc3c(=O)cc(C(=O)O)oc3c2)[C@H](O)c2cc(Cl)co2)ccc(C(C)=O)c1O. The molecule has 2 heterocycles. The number of ether oxygens (including phenoxy) is 1. The molecule has 0 amide bonds. The molecule has 0 fully saturated rings. The maximum absolute atomic E-state index is 12.3. The number of rotatable bonds is 16. The number of phenolic OH excluding ortho intramolecular Hbond substituents is 1. The van der Waals surface area contributed by atoms with Crippen molar-refractivity contribution in [3.8, 4) is 11.5 Å². The number of unbranched alkanes of at least 4 members (excludes halogenated alkanes) is 2. The number of aromatic hydroxyl groups is 1. The summed E-state index contributed by atoms with van der Waals surface area (Å²) in [5, 5.41) is 30.9. The second kappa shape index (κ2) is 16.4. The van der Waals surface area contributed by atoms with Crippen molar-refractivity contribution in [1.82, 2.24) is 0 Å². The normalized spacial score (nSPS) is 13.0. The monoisotopic (exact) mass is 666 g/mol. The lowest BCUT2D eigenvalue weighted by molar-refractivity contribution is 0.0662. The van der Waals surface area contributed by atoms with Gasteiger partial charge in [0.25, 0.3) is 0 Å². The summed E-state index contributed by atoms with van der Waals surface area (Å²) in [6, 6.07) is 10.6. The number of Topliss-reactive ketones (excluding diaryl/α,β-unsaturated/α-hetero) is 1. The molecule has 0 aliphatic rings. The molecule has 0 saturated carbocycles. The van der Waals surface area contributed by atoms with E-state index < -0.39 is 28.5 Å². The number of fused-ring (bicyclic) bond motifs is 1. The largest absolute Gasteiger partial charge is 0.507 e. The fraction of sp³-hybridized carbons (Fsp3) is 0.286. The van der Waals surface area contributed by atoms with E-state index in [1.54, 1.807) is 30.3 Å². The first-order valence-electron chi connectivity index (χ1n) is 14.8. The number of furan rings is 1. The Labute approximate surface area is 275 Å². The first kappa shape index (κ1) is 34.6. The van der Waals surface area contributed by atoms with Crippen LogP contribution in [-0.4, -0.2) is 38.9 Å². The lowest BCUT2D eigenvalue weighted by atomic mass is 10.0. The molecular formula is C35H35ClO9S. The number of aromatic carboxylic acids is 1. The number of phenols is 1. The zero-order valence-electron chi connectivity index (χ0n) is 25.4. The third-order valence-electron chi connectivity index (χ3n) is 7.06. The van der Waals surface area contributed by atoms with Gasteiger partial charge in [0.1, 0.15) is 35.2 Å². The molecule has 2 atom stereocenters. The Morgan fingerprint density at radius 1 is 1.11 bits per heavy atom. The molecule has 242 valence electrons. The first-order valence-corrected chi connectivity index (χ1v) is 16.1. The van der Waals surface area contributed by atoms with Gasteiger partial charge >= 0.3 is 5.97 Å². The molecule has 0 bridgehead atoms. The van der Waals surface area contributed by atoms with Crippen molar-refractivity contribution in [2.45, 2.75) is 62.2 Å². The molecule has 0 spiro atoms. The zero-order valence-corrected chi connectivity index (χ0v) is 27.0. The fourth-order valence-corrected chi connectivity index (χ4v) is 5.97. The minimum absolute atomic E-state index is 0.00200. The van der Waals surface area contributed by atoms with E-state index in [4.69, 9.17) is 25.2 Å². The molecule has 0 aliphatic heterocycles. The summed E-state index contributed by atoms with van der Waals surface area (Å²) in [7, 11) is 0. The lowest BCUT2D eigenvalue weighted by Gasteiger charge is -2.18. The van der Waals surface area contributed by atoms with Gasteiger partial charge in [0, 0.05) is 22.6 Å². The maximum Gasteiger partial charge on any atom is 0.371 e. The second-order valence-corrected chi connectivity index (χ2v) is 12.2. The minimum Gasteiger partial charge on any atom is -0.507 e. The van der Waals surface area contributed by atoms with Gasteiger partial charge < -0.3 is 28.9 Å². The highest BCUT2D eigenvalue weighted by Gasteiger charge is 2.23. The molecule has 4 aromatic rings. The van der Waals surface area contributed by atoms with Crippen molar-refractivity contribution in [3.63, 3.8) is 0 Å². The van der Waals surface area contributed by atoms with Crippen LogP contribution >= 0.6 is 23.4 Å². The molecule has 0 radical (unpaired) electrons. The molecule has 3 N–H and O–H groups in total. The number of thioether (sulfide) groups is 1. The molecule has 2 aromatic carbocycles. The Hall–Kier alpha value is -4.25. The number of allylic oxidation sites excluding steroid dienone is 3. The third kappa shape index (κ3) is 8.93. The van der Waals surface area contributed by atoms with E-state index in [0.29, 0.717) is 39.8 Å². The third-order valence-corrected chi connectivity index (χ3v) is 8.48. The van der Waals surface area contributed by atoms with Crippen molar-refractivity contribution >= 4 is 46.1 Å². The van der Waals surface area contributed by atoms with Crippen LogP contribution < -0.4 is 10.2 Å². The van der Waals surface area contributed by atoms with Gasteiger partial charge in [0.15, 0.2) is 11.2 Å². The predicted octanol–water partition coefficient (Wildman–Crippen LogP) is 8.15. The van der Waals surface area contributed by atoms with Crippen LogP contribution in [0.25, 0.3) is 11.0 Å². The Balaban J connectivity index is 1.37. The van der Waals surface area contributed by atoms with Crippen LogP contribution in [0.1, 0.15) is 77.9 Å². The van der Waals surface area contributed by atoms with Crippen molar-refractivity contribution in [3.05, 3.63) is 111 Å². The Morgan fingerprint density at radius 3 is 2.61 bits per heavy atom. The van der Waals surface area contributed by atoms with Crippen LogP contribution in [0.3, 0.4) is 0 Å². The van der Waals surface area contributed by atoms with Gasteiger partial charge in [0.05, 0.1) is 27.8 Å². The molecule has 4 rings (SSSR count). The summed E-state index contributed by atoms with van der Waals surface area (Å²) in [6.07, 6.45) is 11.6. The Bertz CT molecular complexity index is 1800. The van der Waals surface area contributed by atoms with Gasteiger partial charge in [-0.15, -0.1) is 11.8 Å². The quantitative estimate of drug-likeness (QED) is 0.0463. The average molecular weight is 667 g/mol. The van der Waals surface area contributed by atoms with E-state index in [-0.39, 0.29) is 28.3 Å². The molecule has 0 aliphatic carbocycles. The number of carbonyl (C=O) groups excluding carboxylic acids is 1. The summed E-state index contributed by atoms with van der Waals surface area (Å²) < 4.78 is 16.8. The standard InChI is InChI=1S/C35H35ClO9S/c1-3-10-26-28(15-14-24(21(2)37)33(26)39)43-16-9-7-5-4-6-8-11-32(34(40)30-17-22(36)20-44-30)46-23-12-13-25-27(38)19-31(35(41)42)45-29(25)18-23/h4,6,8,11-15,17-20,32,34,39-40H,3,5,7,9-10,16H2,1-2H3,(H,41,42)/t32-,34+/m0/s1. The number of benzene rings is 2. The number of aliphatic hydroxyl groups is 1. The smallest absolute Gasteiger partial charge is 0.371 e. The van der Waals surface area contributed by atoms with Crippen LogP contribution in [0.5, 0.6) is 11.5 Å². The van der Waals surface area contributed by atoms with Gasteiger partial charge in [-0.3, -0.25) is 9.59 Å². The van der Waals surface area contributed by atoms with Gasteiger partial charge in [-0.25, -0.2) is 4.79 Å². The summed E-state index contributed by atoms with van der Waals surface area (Å²) in [5.41, 5.74) is 0.626. The topological polar surface area (TPSA) is 147 Å². The minimum atomic E-state index is -1.34. The van der Waals surface area contributed by atoms with E-state index in [1.165, 1.54) is 31.0 Å². The predicted molar refractivity (Wildman–Crippen MR) is 177 cm³/mol. The van der Waals surface area contributed by atoms with Gasteiger partial charge in [-0.2, -0.15) is 0 Å². The van der Waals surface area contributed by atoms with Crippen LogP contribution in [0.2, 0.25) is 5.02 Å². The van der Waals surface area contributed by atoms with Gasteiger partial charge in [-0.05, 0) is 62.9 Å². The fourth-order valence-electron chi connectivity index (χ4n) is 4.75. The molecule has 0 unspecified atom stereocenters. The van der Waals surface area contributed by atoms with Gasteiger partial charge in [-0.1, -0.05) is 49.2 Å². The number of halogens is 1. The van der Waals surface area contributed by atoms with Crippen molar-refractivity contribution in [1.29, 1.82) is 0 Å². The van der Waals surface area contributed by atoms with Crippen LogP contribution in [-0.2, 0) is 6.42 Å². The van der Waals surface area contributed by atoms with E-state index in [0.717, 1.165) is 31.7 Å². The average Bonchev–Trinajstić information content (AvgIpc) is 3.46. The maximum atomic E-state index is 12.3. The summed E-state index contributed by atoms with van der Waals surface area (Å²) >= 11 is 7.29. The number of carboxylic acid groups (broad SMARTS) is 1. The van der Waals surface area contributed by atoms with E-state index in [9.17, 15) is 29.7 Å². The first-order chi connectivity index (χ1) is 22.1. The number of carbonyl (C=O) groups is 2. The number of hydrogen-bond donors (Lipinski definition) is 3. The molecular weight excluding hydrogens is 632 g/mol. The lowest BCUT2D eigenvalue weighted by Crippen LogP contribution is -2.12. The number of hydrogen-bond acceptors (Lipinski definition) is 9. The summed E-state index contributed by atoms with van der Waals surface area (Å²) in [6.45, 7) is 3.90. The molecule has 46 heavy (non-hydrogen) atoms. The Morgan fingerprint density at radius 2 is 1.91 bits per heavy atom. The molecule has 9 nitrogen and oxygen atoms in total.